The van der Waals surface area contributed by atoms with Crippen molar-refractivity contribution in [2.75, 3.05) is 6.54 Å². The monoisotopic (exact) mass is 266 g/mol. The van der Waals surface area contributed by atoms with E-state index in [4.69, 9.17) is 5.73 Å². The molecule has 0 amide bonds. The van der Waals surface area contributed by atoms with E-state index >= 15 is 0 Å². The number of nitrogens with zero attached hydrogens (tertiary/aromatic N) is 3. The predicted molar refractivity (Wildman–Crippen MR) is 81.0 cm³/mol. The maximum absolute atomic E-state index is 5.70. The lowest BCUT2D eigenvalue weighted by Gasteiger charge is -2.08. The van der Waals surface area contributed by atoms with Gasteiger partial charge >= 0.3 is 0 Å². The molecule has 0 saturated carbocycles. The van der Waals surface area contributed by atoms with Crippen LogP contribution in [0.4, 0.5) is 0 Å². The summed E-state index contributed by atoms with van der Waals surface area (Å²) in [5.74, 6) is 0.963. The number of nitrogens with two attached hydrogens (primary N) is 1. The van der Waals surface area contributed by atoms with Gasteiger partial charge in [-0.15, -0.1) is 0 Å². The molecule has 4 heteroatoms. The van der Waals surface area contributed by atoms with Crippen LogP contribution in [0.3, 0.4) is 0 Å². The van der Waals surface area contributed by atoms with Crippen LogP contribution >= 0.6 is 0 Å². The summed E-state index contributed by atoms with van der Waals surface area (Å²) < 4.78 is 2.10. The second-order valence-corrected chi connectivity index (χ2v) is 4.77. The highest BCUT2D eigenvalue weighted by molar-refractivity contribution is 5.73. The number of aromatic nitrogens is 3. The summed E-state index contributed by atoms with van der Waals surface area (Å²) in [6.45, 7) is 2.74. The highest BCUT2D eigenvalue weighted by Crippen LogP contribution is 2.20. The Balaban J connectivity index is 2.18. The van der Waals surface area contributed by atoms with Crippen molar-refractivity contribution in [3.63, 3.8) is 0 Å². The Bertz CT molecular complexity index is 713. The van der Waals surface area contributed by atoms with E-state index in [1.165, 1.54) is 5.56 Å². The summed E-state index contributed by atoms with van der Waals surface area (Å²) in [7, 11) is 0. The molecule has 4 nitrogen and oxygen atoms in total. The third-order valence-electron chi connectivity index (χ3n) is 3.46. The van der Waals surface area contributed by atoms with Crippen LogP contribution in [0.5, 0.6) is 0 Å². The van der Waals surface area contributed by atoms with Crippen LogP contribution in [0.1, 0.15) is 18.3 Å². The molecule has 0 fully saturated rings. The fraction of sp³-hybridized carbons (Fsp3) is 0.250. The Labute approximate surface area is 118 Å². The van der Waals surface area contributed by atoms with Crippen molar-refractivity contribution in [2.24, 2.45) is 5.73 Å². The molecule has 0 radical (unpaired) electrons. The van der Waals surface area contributed by atoms with Crippen LogP contribution in [-0.2, 0) is 12.8 Å². The molecule has 0 aliphatic carbocycles. The Morgan fingerprint density at radius 1 is 1.15 bits per heavy atom. The molecule has 0 aliphatic heterocycles. The zero-order chi connectivity index (χ0) is 13.9. The number of benzene rings is 1. The molecule has 0 spiro atoms. The number of aryl methyl sites for hydroxylation is 1. The van der Waals surface area contributed by atoms with Gasteiger partial charge in [-0.3, -0.25) is 4.57 Å². The molecule has 0 unspecified atom stereocenters. The fourth-order valence-corrected chi connectivity index (χ4v) is 2.41. The van der Waals surface area contributed by atoms with Gasteiger partial charge in [-0.25, -0.2) is 9.97 Å². The molecule has 2 aromatic heterocycles. The summed E-state index contributed by atoms with van der Waals surface area (Å²) in [6.07, 6.45) is 3.58. The standard InChI is InChI=1S/C16H18N4/c1-2-12-5-7-13(8-6-12)20-15(9-10-17)19-14-4-3-11-18-16(14)20/h3-8,11H,2,9-10,17H2,1H3. The van der Waals surface area contributed by atoms with Crippen LogP contribution in [0.15, 0.2) is 42.6 Å². The number of fused-ring (bicyclic) bond motifs is 1. The van der Waals surface area contributed by atoms with E-state index in [0.717, 1.165) is 35.5 Å². The van der Waals surface area contributed by atoms with Gasteiger partial charge in [0.25, 0.3) is 0 Å². The Hall–Kier alpha value is -2.20. The lowest BCUT2D eigenvalue weighted by Crippen LogP contribution is -2.09. The predicted octanol–water partition coefficient (Wildman–Crippen LogP) is 2.48. The van der Waals surface area contributed by atoms with Gasteiger partial charge in [-0.1, -0.05) is 19.1 Å². The molecule has 0 bridgehead atoms. The number of pyridine rings is 1. The van der Waals surface area contributed by atoms with Gasteiger partial charge in [-0.05, 0) is 42.8 Å². The molecule has 2 heterocycles. The van der Waals surface area contributed by atoms with E-state index in [-0.39, 0.29) is 0 Å². The molecule has 102 valence electrons. The Kier molecular flexibility index (Phi) is 3.48. The zero-order valence-corrected chi connectivity index (χ0v) is 11.6. The third kappa shape index (κ3) is 2.18. The van der Waals surface area contributed by atoms with Gasteiger partial charge in [0.05, 0.1) is 0 Å². The Morgan fingerprint density at radius 2 is 1.95 bits per heavy atom. The normalized spacial score (nSPS) is 11.1. The van der Waals surface area contributed by atoms with Crippen molar-refractivity contribution in [3.8, 4) is 5.69 Å². The second-order valence-electron chi connectivity index (χ2n) is 4.77. The van der Waals surface area contributed by atoms with E-state index in [1.54, 1.807) is 6.20 Å². The Morgan fingerprint density at radius 3 is 2.65 bits per heavy atom. The molecular weight excluding hydrogens is 248 g/mol. The summed E-state index contributed by atoms with van der Waals surface area (Å²) >= 11 is 0. The van der Waals surface area contributed by atoms with Crippen LogP contribution in [-0.4, -0.2) is 21.1 Å². The molecule has 0 aliphatic rings. The van der Waals surface area contributed by atoms with Gasteiger partial charge in [0.1, 0.15) is 11.3 Å². The number of hydrogen-bond donors (Lipinski definition) is 1. The van der Waals surface area contributed by atoms with Gasteiger partial charge in [0.15, 0.2) is 5.65 Å². The lowest BCUT2D eigenvalue weighted by atomic mass is 10.1. The quantitative estimate of drug-likeness (QED) is 0.789. The maximum Gasteiger partial charge on any atom is 0.164 e. The van der Waals surface area contributed by atoms with E-state index in [9.17, 15) is 0 Å². The average molecular weight is 266 g/mol. The van der Waals surface area contributed by atoms with Gasteiger partial charge in [0, 0.05) is 18.3 Å². The summed E-state index contributed by atoms with van der Waals surface area (Å²) in [5.41, 5.74) is 9.92. The first-order valence-electron chi connectivity index (χ1n) is 6.95. The summed E-state index contributed by atoms with van der Waals surface area (Å²) in [6, 6.07) is 12.4. The van der Waals surface area contributed by atoms with E-state index in [2.05, 4.69) is 45.7 Å². The van der Waals surface area contributed by atoms with Crippen molar-refractivity contribution < 1.29 is 0 Å². The highest BCUT2D eigenvalue weighted by Gasteiger charge is 2.12. The van der Waals surface area contributed by atoms with Crippen molar-refractivity contribution in [3.05, 3.63) is 54.0 Å². The molecule has 2 N–H and O–H groups in total. The lowest BCUT2D eigenvalue weighted by molar-refractivity contribution is 0.844. The number of imidazole rings is 1. The molecule has 3 rings (SSSR count). The molecular formula is C16H18N4. The minimum Gasteiger partial charge on any atom is -0.330 e. The largest absolute Gasteiger partial charge is 0.330 e. The van der Waals surface area contributed by atoms with Crippen molar-refractivity contribution in [1.82, 2.24) is 14.5 Å². The fourth-order valence-electron chi connectivity index (χ4n) is 2.41. The maximum atomic E-state index is 5.70. The summed E-state index contributed by atoms with van der Waals surface area (Å²) in [4.78, 5) is 9.10. The van der Waals surface area contributed by atoms with E-state index < -0.39 is 0 Å². The minimum atomic E-state index is 0.580. The molecule has 3 aromatic rings. The molecule has 1 aromatic carbocycles. The van der Waals surface area contributed by atoms with Gasteiger partial charge in [0.2, 0.25) is 0 Å². The van der Waals surface area contributed by atoms with Crippen molar-refractivity contribution in [2.45, 2.75) is 19.8 Å². The van der Waals surface area contributed by atoms with Gasteiger partial charge in [-0.2, -0.15) is 0 Å². The second kappa shape index (κ2) is 5.43. The van der Waals surface area contributed by atoms with Crippen molar-refractivity contribution >= 4 is 11.2 Å². The molecule has 20 heavy (non-hydrogen) atoms. The first-order valence-corrected chi connectivity index (χ1v) is 6.95. The first kappa shape index (κ1) is 12.8. The van der Waals surface area contributed by atoms with E-state index in [0.29, 0.717) is 6.54 Å². The topological polar surface area (TPSA) is 56.7 Å². The summed E-state index contributed by atoms with van der Waals surface area (Å²) in [5, 5.41) is 0. The van der Waals surface area contributed by atoms with Crippen LogP contribution in [0.25, 0.3) is 16.9 Å². The smallest absolute Gasteiger partial charge is 0.164 e. The van der Waals surface area contributed by atoms with Crippen molar-refractivity contribution in [1.29, 1.82) is 0 Å². The van der Waals surface area contributed by atoms with E-state index in [1.807, 2.05) is 12.1 Å². The molecule has 0 saturated heterocycles. The number of hydrogen-bond acceptors (Lipinski definition) is 3. The van der Waals surface area contributed by atoms with Crippen LogP contribution in [0.2, 0.25) is 0 Å². The zero-order valence-electron chi connectivity index (χ0n) is 11.6. The highest BCUT2D eigenvalue weighted by atomic mass is 15.1. The SMILES string of the molecule is CCc1ccc(-n2c(CCN)nc3cccnc32)cc1. The first-order chi connectivity index (χ1) is 9.83. The average Bonchev–Trinajstić information content (AvgIpc) is 2.86. The van der Waals surface area contributed by atoms with Crippen LogP contribution in [0, 0.1) is 0 Å². The van der Waals surface area contributed by atoms with Gasteiger partial charge < -0.3 is 5.73 Å². The molecule has 0 atom stereocenters. The number of rotatable bonds is 4. The van der Waals surface area contributed by atoms with Crippen LogP contribution < -0.4 is 5.73 Å². The minimum absolute atomic E-state index is 0.580. The third-order valence-corrected chi connectivity index (χ3v) is 3.46.